The van der Waals surface area contributed by atoms with Crippen LogP contribution >= 0.6 is 0 Å². The minimum atomic E-state index is -0.328. The van der Waals surface area contributed by atoms with Crippen molar-refractivity contribution >= 4 is 17.0 Å². The molecule has 0 amide bonds. The number of nitrogens with zero attached hydrogens (tertiary/aromatic N) is 2. The first-order valence-corrected chi connectivity index (χ1v) is 10.0. The van der Waals surface area contributed by atoms with Gasteiger partial charge >= 0.3 is 5.97 Å². The van der Waals surface area contributed by atoms with E-state index in [0.29, 0.717) is 12.2 Å². The number of hydrogen-bond donors (Lipinski definition) is 0. The van der Waals surface area contributed by atoms with Crippen molar-refractivity contribution in [1.82, 2.24) is 9.55 Å². The average Bonchev–Trinajstić information content (AvgIpc) is 3.33. The smallest absolute Gasteiger partial charge is 0.338 e. The average molecular weight is 380 g/mol. The van der Waals surface area contributed by atoms with Crippen LogP contribution in [0, 0.1) is 5.82 Å². The number of rotatable bonds is 5. The van der Waals surface area contributed by atoms with Crippen molar-refractivity contribution in [3.05, 3.63) is 65.2 Å². The van der Waals surface area contributed by atoms with E-state index >= 15 is 0 Å². The van der Waals surface area contributed by atoms with Crippen LogP contribution in [0.4, 0.5) is 4.39 Å². The molecular weight excluding hydrogens is 355 g/mol. The van der Waals surface area contributed by atoms with Gasteiger partial charge in [0, 0.05) is 6.54 Å². The van der Waals surface area contributed by atoms with Gasteiger partial charge in [0.05, 0.1) is 28.6 Å². The Morgan fingerprint density at radius 2 is 1.86 bits per heavy atom. The molecule has 0 spiro atoms. The van der Waals surface area contributed by atoms with Gasteiger partial charge < -0.3 is 9.30 Å². The van der Waals surface area contributed by atoms with Crippen molar-refractivity contribution in [1.29, 1.82) is 0 Å². The summed E-state index contributed by atoms with van der Waals surface area (Å²) >= 11 is 0. The first-order chi connectivity index (χ1) is 13.6. The fourth-order valence-electron chi connectivity index (χ4n) is 4.55. The number of aryl methyl sites for hydroxylation is 1. The summed E-state index contributed by atoms with van der Waals surface area (Å²) in [7, 11) is 0. The largest absolute Gasteiger partial charge is 0.462 e. The number of carbonyl (C=O) groups is 1. The van der Waals surface area contributed by atoms with Gasteiger partial charge in [0.1, 0.15) is 11.6 Å². The lowest BCUT2D eigenvalue weighted by Gasteiger charge is -2.30. The van der Waals surface area contributed by atoms with E-state index in [0.717, 1.165) is 54.6 Å². The Bertz CT molecular complexity index is 1000. The molecule has 0 bridgehead atoms. The monoisotopic (exact) mass is 380 g/mol. The minimum absolute atomic E-state index is 0.215. The molecule has 28 heavy (non-hydrogen) atoms. The SMILES string of the molecule is CCOC(=O)c1ccc2c(c1)nc(C1(c3ccc(F)cc3)CCCC1)n2CC. The van der Waals surface area contributed by atoms with Gasteiger partial charge in [0.25, 0.3) is 0 Å². The van der Waals surface area contributed by atoms with E-state index in [1.807, 2.05) is 24.3 Å². The maximum Gasteiger partial charge on any atom is 0.338 e. The second-order valence-corrected chi connectivity index (χ2v) is 7.40. The Morgan fingerprint density at radius 3 is 2.50 bits per heavy atom. The lowest BCUT2D eigenvalue weighted by Crippen LogP contribution is -2.28. The van der Waals surface area contributed by atoms with Gasteiger partial charge in [-0.1, -0.05) is 25.0 Å². The van der Waals surface area contributed by atoms with Crippen molar-refractivity contribution in [3.63, 3.8) is 0 Å². The second-order valence-electron chi connectivity index (χ2n) is 7.40. The van der Waals surface area contributed by atoms with Crippen LogP contribution in [0.25, 0.3) is 11.0 Å². The zero-order valence-electron chi connectivity index (χ0n) is 16.4. The number of hydrogen-bond acceptors (Lipinski definition) is 3. The normalized spacial score (nSPS) is 15.8. The number of esters is 1. The van der Waals surface area contributed by atoms with Gasteiger partial charge in [-0.15, -0.1) is 0 Å². The van der Waals surface area contributed by atoms with E-state index in [2.05, 4.69) is 11.5 Å². The summed E-state index contributed by atoms with van der Waals surface area (Å²) in [6.45, 7) is 5.04. The van der Waals surface area contributed by atoms with Gasteiger partial charge in [-0.25, -0.2) is 14.2 Å². The summed E-state index contributed by atoms with van der Waals surface area (Å²) in [6, 6.07) is 12.4. The van der Waals surface area contributed by atoms with Crippen LogP contribution in [0.3, 0.4) is 0 Å². The molecule has 2 aromatic carbocycles. The minimum Gasteiger partial charge on any atom is -0.462 e. The predicted octanol–water partition coefficient (Wildman–Crippen LogP) is 5.23. The molecule has 1 heterocycles. The molecule has 0 radical (unpaired) electrons. The second kappa shape index (κ2) is 7.38. The molecule has 1 fully saturated rings. The Kier molecular flexibility index (Phi) is 4.92. The maximum atomic E-state index is 13.5. The Hall–Kier alpha value is -2.69. The molecule has 0 N–H and O–H groups in total. The summed E-state index contributed by atoms with van der Waals surface area (Å²) < 4.78 is 20.9. The van der Waals surface area contributed by atoms with Crippen molar-refractivity contribution in [3.8, 4) is 0 Å². The number of fused-ring (bicyclic) bond motifs is 1. The third-order valence-electron chi connectivity index (χ3n) is 5.86. The van der Waals surface area contributed by atoms with E-state index in [1.54, 1.807) is 13.0 Å². The highest BCUT2D eigenvalue weighted by atomic mass is 19.1. The zero-order chi connectivity index (χ0) is 19.7. The number of halogens is 1. The number of aromatic nitrogens is 2. The predicted molar refractivity (Wildman–Crippen MR) is 107 cm³/mol. The van der Waals surface area contributed by atoms with Crippen molar-refractivity contribution in [2.75, 3.05) is 6.61 Å². The van der Waals surface area contributed by atoms with Gasteiger partial charge in [-0.3, -0.25) is 0 Å². The highest BCUT2D eigenvalue weighted by Gasteiger charge is 2.41. The van der Waals surface area contributed by atoms with E-state index in [9.17, 15) is 9.18 Å². The molecule has 0 aliphatic heterocycles. The molecule has 3 aromatic rings. The third-order valence-corrected chi connectivity index (χ3v) is 5.86. The zero-order valence-corrected chi connectivity index (χ0v) is 16.4. The fourth-order valence-corrected chi connectivity index (χ4v) is 4.55. The van der Waals surface area contributed by atoms with Crippen LogP contribution in [0.2, 0.25) is 0 Å². The lowest BCUT2D eigenvalue weighted by atomic mass is 9.78. The summed E-state index contributed by atoms with van der Waals surface area (Å²) in [5.41, 5.74) is 3.23. The van der Waals surface area contributed by atoms with Crippen LogP contribution in [0.5, 0.6) is 0 Å². The molecule has 0 saturated heterocycles. The Morgan fingerprint density at radius 1 is 1.14 bits per heavy atom. The van der Waals surface area contributed by atoms with Gasteiger partial charge in [-0.05, 0) is 62.6 Å². The molecule has 1 aromatic heterocycles. The molecule has 1 aliphatic rings. The van der Waals surface area contributed by atoms with Crippen LogP contribution in [0.1, 0.15) is 61.3 Å². The van der Waals surface area contributed by atoms with Gasteiger partial charge in [0.15, 0.2) is 0 Å². The third kappa shape index (κ3) is 2.99. The molecule has 1 aliphatic carbocycles. The number of imidazole rings is 1. The van der Waals surface area contributed by atoms with E-state index in [1.165, 1.54) is 12.1 Å². The number of carbonyl (C=O) groups excluding carboxylic acids is 1. The van der Waals surface area contributed by atoms with Crippen LogP contribution in [-0.4, -0.2) is 22.1 Å². The Balaban J connectivity index is 1.88. The topological polar surface area (TPSA) is 44.1 Å². The highest BCUT2D eigenvalue weighted by Crippen LogP contribution is 2.46. The van der Waals surface area contributed by atoms with Crippen molar-refractivity contribution in [2.24, 2.45) is 0 Å². The van der Waals surface area contributed by atoms with Crippen molar-refractivity contribution in [2.45, 2.75) is 51.5 Å². The molecule has 0 atom stereocenters. The summed E-state index contributed by atoms with van der Waals surface area (Å²) in [5, 5.41) is 0. The Labute approximate surface area is 164 Å². The first kappa shape index (κ1) is 18.7. The molecule has 4 rings (SSSR count). The van der Waals surface area contributed by atoms with Crippen LogP contribution in [0.15, 0.2) is 42.5 Å². The van der Waals surface area contributed by atoms with Crippen LogP contribution in [-0.2, 0) is 16.7 Å². The van der Waals surface area contributed by atoms with Gasteiger partial charge in [0.2, 0.25) is 0 Å². The van der Waals surface area contributed by atoms with E-state index < -0.39 is 0 Å². The summed E-state index contributed by atoms with van der Waals surface area (Å²) in [5.74, 6) is 0.459. The maximum absolute atomic E-state index is 13.5. The van der Waals surface area contributed by atoms with E-state index in [-0.39, 0.29) is 17.2 Å². The standard InChI is InChI=1S/C23H25FN2O2/c1-3-26-20-12-7-16(21(27)28-4-2)15-19(20)25-22(26)23(13-5-6-14-23)17-8-10-18(24)11-9-17/h7-12,15H,3-6,13-14H2,1-2H3. The number of benzene rings is 2. The summed E-state index contributed by atoms with van der Waals surface area (Å²) in [4.78, 5) is 17.1. The molecule has 5 heteroatoms. The van der Waals surface area contributed by atoms with Gasteiger partial charge in [-0.2, -0.15) is 0 Å². The molecular formula is C23H25FN2O2. The first-order valence-electron chi connectivity index (χ1n) is 10.0. The fraction of sp³-hybridized carbons (Fsp3) is 0.391. The van der Waals surface area contributed by atoms with Crippen molar-refractivity contribution < 1.29 is 13.9 Å². The quantitative estimate of drug-likeness (QED) is 0.569. The van der Waals surface area contributed by atoms with Crippen LogP contribution < -0.4 is 0 Å². The molecule has 146 valence electrons. The van der Waals surface area contributed by atoms with E-state index in [4.69, 9.17) is 9.72 Å². The highest BCUT2D eigenvalue weighted by molar-refractivity contribution is 5.93. The lowest BCUT2D eigenvalue weighted by molar-refractivity contribution is 0.0526. The molecule has 1 saturated carbocycles. The summed E-state index contributed by atoms with van der Waals surface area (Å²) in [6.07, 6.45) is 4.23. The number of ether oxygens (including phenoxy) is 1. The molecule has 0 unspecified atom stereocenters. The molecule has 4 nitrogen and oxygen atoms in total.